The number of nitrogens with zero attached hydrogens (tertiary/aromatic N) is 3. The highest BCUT2D eigenvalue weighted by atomic mass is 32.2. The molecule has 132 valence electrons. The van der Waals surface area contributed by atoms with Gasteiger partial charge in [0, 0.05) is 23.2 Å². The van der Waals surface area contributed by atoms with Gasteiger partial charge >= 0.3 is 5.97 Å². The number of carboxylic acid groups (broad SMARTS) is 1. The Kier molecular flexibility index (Phi) is 4.62. The number of aliphatic imine (C=N–C) groups is 3. The van der Waals surface area contributed by atoms with Gasteiger partial charge in [0.2, 0.25) is 0 Å². The molecular weight excluding hydrogens is 362 g/mol. The van der Waals surface area contributed by atoms with E-state index in [1.165, 1.54) is 16.8 Å². The molecular formula is C16H23N3O2S3. The molecule has 0 unspecified atom stereocenters. The summed E-state index contributed by atoms with van der Waals surface area (Å²) in [5, 5.41) is 12.5. The highest BCUT2D eigenvalue weighted by Crippen LogP contribution is 2.44. The maximum Gasteiger partial charge on any atom is 0.332 e. The van der Waals surface area contributed by atoms with E-state index in [0.29, 0.717) is 11.7 Å². The second-order valence-electron chi connectivity index (χ2n) is 7.43. The van der Waals surface area contributed by atoms with Crippen molar-refractivity contribution in [2.75, 3.05) is 17.3 Å². The Morgan fingerprint density at radius 3 is 2.04 bits per heavy atom. The predicted molar refractivity (Wildman–Crippen MR) is 107 cm³/mol. The molecule has 0 aliphatic carbocycles. The van der Waals surface area contributed by atoms with Crippen molar-refractivity contribution in [3.8, 4) is 0 Å². The molecule has 3 aliphatic heterocycles. The molecule has 5 nitrogen and oxygen atoms in total. The molecule has 24 heavy (non-hydrogen) atoms. The minimum atomic E-state index is -1.03. The first-order chi connectivity index (χ1) is 11.1. The van der Waals surface area contributed by atoms with Crippen molar-refractivity contribution in [3.05, 3.63) is 0 Å². The van der Waals surface area contributed by atoms with Crippen LogP contribution in [0.25, 0.3) is 0 Å². The monoisotopic (exact) mass is 385 g/mol. The summed E-state index contributed by atoms with van der Waals surface area (Å²) in [5.74, 6) is 1.78. The van der Waals surface area contributed by atoms with Crippen LogP contribution in [0.5, 0.6) is 0 Å². The maximum absolute atomic E-state index is 11.4. The smallest absolute Gasteiger partial charge is 0.332 e. The predicted octanol–water partition coefficient (Wildman–Crippen LogP) is 3.44. The van der Waals surface area contributed by atoms with Crippen molar-refractivity contribution in [2.45, 2.75) is 51.2 Å². The molecule has 0 amide bonds. The minimum Gasteiger partial charge on any atom is -0.479 e. The Balaban J connectivity index is 1.87. The van der Waals surface area contributed by atoms with Gasteiger partial charge in [-0.3, -0.25) is 15.0 Å². The molecule has 0 radical (unpaired) electrons. The first-order valence-corrected chi connectivity index (χ1v) is 11.0. The van der Waals surface area contributed by atoms with Gasteiger partial charge in [0.15, 0.2) is 5.54 Å². The van der Waals surface area contributed by atoms with E-state index in [4.69, 9.17) is 9.98 Å². The summed E-state index contributed by atoms with van der Waals surface area (Å²) in [6, 6.07) is 0. The Morgan fingerprint density at radius 2 is 1.50 bits per heavy atom. The van der Waals surface area contributed by atoms with E-state index in [9.17, 15) is 9.90 Å². The summed E-state index contributed by atoms with van der Waals surface area (Å²) in [4.78, 5) is 25.9. The van der Waals surface area contributed by atoms with E-state index in [1.54, 1.807) is 18.7 Å². The summed E-state index contributed by atoms with van der Waals surface area (Å²) in [7, 11) is 0. The summed E-state index contributed by atoms with van der Waals surface area (Å²) in [6.07, 6.45) is 0. The number of hydrogen-bond acceptors (Lipinski definition) is 7. The number of hydrogen-bond donors (Lipinski definition) is 1. The molecule has 3 rings (SSSR count). The normalized spacial score (nSPS) is 39.2. The molecule has 0 saturated carbocycles. The van der Waals surface area contributed by atoms with Crippen LogP contribution in [-0.4, -0.2) is 60.1 Å². The number of thioether (sulfide) groups is 3. The van der Waals surface area contributed by atoms with Gasteiger partial charge in [-0.25, -0.2) is 4.79 Å². The lowest BCUT2D eigenvalue weighted by atomic mass is 10.0. The van der Waals surface area contributed by atoms with E-state index >= 15 is 0 Å². The van der Waals surface area contributed by atoms with Gasteiger partial charge in [-0.15, -0.1) is 35.3 Å². The maximum atomic E-state index is 11.4. The molecule has 0 bridgehead atoms. The quantitative estimate of drug-likeness (QED) is 0.802. The number of carbonyl (C=O) groups is 1. The van der Waals surface area contributed by atoms with Crippen molar-refractivity contribution in [3.63, 3.8) is 0 Å². The number of rotatable bonds is 4. The molecule has 1 N–H and O–H groups in total. The van der Waals surface area contributed by atoms with Crippen LogP contribution in [0.4, 0.5) is 0 Å². The van der Waals surface area contributed by atoms with Crippen molar-refractivity contribution >= 4 is 56.4 Å². The standard InChI is InChI=1S/C16H23N3O2S3/c1-9(2)10-17-14(3,6-22-10)11-18-15(4,7-23-11)12-19-16(5,8-24-12)13(20)21/h9H,6-8H2,1-5H3,(H,20,21)/t14-,15+,16+/m1/s1. The van der Waals surface area contributed by atoms with Crippen molar-refractivity contribution in [2.24, 2.45) is 20.9 Å². The molecule has 0 fully saturated rings. The van der Waals surface area contributed by atoms with E-state index in [0.717, 1.165) is 21.6 Å². The van der Waals surface area contributed by atoms with Crippen LogP contribution in [0.3, 0.4) is 0 Å². The van der Waals surface area contributed by atoms with Crippen molar-refractivity contribution < 1.29 is 9.90 Å². The van der Waals surface area contributed by atoms with Crippen LogP contribution in [-0.2, 0) is 4.79 Å². The number of carboxylic acids is 1. The third kappa shape index (κ3) is 3.05. The summed E-state index contributed by atoms with van der Waals surface area (Å²) < 4.78 is 0. The van der Waals surface area contributed by atoms with E-state index < -0.39 is 17.0 Å². The zero-order valence-corrected chi connectivity index (χ0v) is 17.1. The zero-order valence-electron chi connectivity index (χ0n) is 14.6. The second-order valence-corrected chi connectivity index (χ2v) is 10.4. The second kappa shape index (κ2) is 6.06. The third-order valence-corrected chi connectivity index (χ3v) is 9.00. The molecule has 8 heteroatoms. The fourth-order valence-electron chi connectivity index (χ4n) is 2.69. The first kappa shape index (κ1) is 18.3. The van der Waals surface area contributed by atoms with Gasteiger partial charge in [0.1, 0.15) is 11.1 Å². The van der Waals surface area contributed by atoms with Crippen LogP contribution in [0, 0.1) is 5.92 Å². The Bertz CT molecular complexity index is 675. The van der Waals surface area contributed by atoms with Crippen LogP contribution < -0.4 is 0 Å². The first-order valence-electron chi connectivity index (χ1n) is 8.00. The lowest BCUT2D eigenvalue weighted by Gasteiger charge is -2.20. The zero-order chi connectivity index (χ0) is 17.8. The van der Waals surface area contributed by atoms with Crippen LogP contribution in [0.15, 0.2) is 15.0 Å². The van der Waals surface area contributed by atoms with Crippen LogP contribution >= 0.6 is 35.3 Å². The Hall–Kier alpha value is -0.470. The molecule has 3 aliphatic rings. The lowest BCUT2D eigenvalue weighted by molar-refractivity contribution is -0.141. The molecule has 0 spiro atoms. The van der Waals surface area contributed by atoms with Gasteiger partial charge < -0.3 is 5.11 Å². The Labute approximate surface area is 155 Å². The molecule has 0 saturated heterocycles. The van der Waals surface area contributed by atoms with Gasteiger partial charge in [-0.2, -0.15) is 0 Å². The molecule has 0 aromatic rings. The third-order valence-electron chi connectivity index (χ3n) is 4.41. The van der Waals surface area contributed by atoms with Gasteiger partial charge in [0.25, 0.3) is 0 Å². The van der Waals surface area contributed by atoms with E-state index in [-0.39, 0.29) is 5.54 Å². The summed E-state index contributed by atoms with van der Waals surface area (Å²) in [6.45, 7) is 10.2. The Morgan fingerprint density at radius 1 is 0.958 bits per heavy atom. The van der Waals surface area contributed by atoms with E-state index in [1.807, 2.05) is 11.8 Å². The van der Waals surface area contributed by atoms with Crippen molar-refractivity contribution in [1.29, 1.82) is 0 Å². The summed E-state index contributed by atoms with van der Waals surface area (Å²) in [5.41, 5.74) is -1.71. The molecule has 3 heterocycles. The van der Waals surface area contributed by atoms with Crippen LogP contribution in [0.2, 0.25) is 0 Å². The van der Waals surface area contributed by atoms with E-state index in [2.05, 4.69) is 32.7 Å². The SMILES string of the molecule is CC(C)C1=N[C@@](C)(C2=N[C@](C)(C3=N[C@](C)(C(=O)O)CS3)CS2)CS1. The van der Waals surface area contributed by atoms with Gasteiger partial charge in [-0.1, -0.05) is 13.8 Å². The minimum absolute atomic E-state index is 0.257. The topological polar surface area (TPSA) is 74.4 Å². The fourth-order valence-corrected chi connectivity index (χ4v) is 6.72. The lowest BCUT2D eigenvalue weighted by Crippen LogP contribution is -2.35. The molecule has 3 atom stereocenters. The largest absolute Gasteiger partial charge is 0.479 e. The highest BCUT2D eigenvalue weighted by molar-refractivity contribution is 8.17. The van der Waals surface area contributed by atoms with Crippen molar-refractivity contribution in [1.82, 2.24) is 0 Å². The van der Waals surface area contributed by atoms with Gasteiger partial charge in [0.05, 0.1) is 15.1 Å². The van der Waals surface area contributed by atoms with Crippen LogP contribution in [0.1, 0.15) is 34.6 Å². The molecule has 0 aromatic heterocycles. The molecule has 0 aromatic carbocycles. The summed E-state index contributed by atoms with van der Waals surface area (Å²) >= 11 is 5.10. The highest BCUT2D eigenvalue weighted by Gasteiger charge is 2.48. The fraction of sp³-hybridized carbons (Fsp3) is 0.750. The average molecular weight is 386 g/mol. The van der Waals surface area contributed by atoms with Gasteiger partial charge in [-0.05, 0) is 20.8 Å². The average Bonchev–Trinajstić information content (AvgIpc) is 3.18. The number of aliphatic carboxylic acids is 1.